The Balaban J connectivity index is 2.05. The van der Waals surface area contributed by atoms with Crippen LogP contribution in [0.2, 0.25) is 0 Å². The third-order valence-electron chi connectivity index (χ3n) is 4.44. The zero-order valence-electron chi connectivity index (χ0n) is 16.1. The van der Waals surface area contributed by atoms with Crippen LogP contribution in [0.4, 0.5) is 0 Å². The molecule has 2 aromatic rings. The molecule has 0 radical (unpaired) electrons. The highest BCUT2D eigenvalue weighted by atomic mass is 16.5. The number of ether oxygens (including phenoxy) is 1. The van der Waals surface area contributed by atoms with Crippen LogP contribution in [0, 0.1) is 0 Å². The molecule has 2 amide bonds. The lowest BCUT2D eigenvalue weighted by Gasteiger charge is -2.29. The molecule has 2 aromatic carbocycles. The quantitative estimate of drug-likeness (QED) is 0.656. The minimum Gasteiger partial charge on any atom is -0.383 e. The number of hydrogen-bond donors (Lipinski definition) is 1. The van der Waals surface area contributed by atoms with E-state index in [0.717, 1.165) is 11.1 Å². The van der Waals surface area contributed by atoms with Gasteiger partial charge in [0.25, 0.3) is 0 Å². The molecule has 0 bridgehead atoms. The average molecular weight is 368 g/mol. The van der Waals surface area contributed by atoms with E-state index in [1.54, 1.807) is 18.9 Å². The highest BCUT2D eigenvalue weighted by molar-refractivity contribution is 5.87. The van der Waals surface area contributed by atoms with Crippen molar-refractivity contribution in [3.05, 3.63) is 71.8 Å². The number of aryl methyl sites for hydroxylation is 1. The van der Waals surface area contributed by atoms with Gasteiger partial charge in [-0.05, 0) is 24.5 Å². The van der Waals surface area contributed by atoms with Gasteiger partial charge in [-0.2, -0.15) is 0 Å². The Hall–Kier alpha value is -2.66. The number of benzene rings is 2. The summed E-state index contributed by atoms with van der Waals surface area (Å²) in [5, 5.41) is 2.82. The molecule has 0 unspecified atom stereocenters. The zero-order chi connectivity index (χ0) is 19.5. The largest absolute Gasteiger partial charge is 0.383 e. The predicted molar refractivity (Wildman–Crippen MR) is 106 cm³/mol. The maximum atomic E-state index is 12.9. The van der Waals surface area contributed by atoms with Crippen molar-refractivity contribution in [2.24, 2.45) is 0 Å². The van der Waals surface area contributed by atoms with Crippen molar-refractivity contribution in [3.8, 4) is 0 Å². The molecule has 144 valence electrons. The molecule has 0 spiro atoms. The molecular formula is C22H28N2O3. The van der Waals surface area contributed by atoms with E-state index in [4.69, 9.17) is 4.74 Å². The summed E-state index contributed by atoms with van der Waals surface area (Å²) in [5.41, 5.74) is 2.12. The third kappa shape index (κ3) is 6.87. The van der Waals surface area contributed by atoms with Crippen LogP contribution in [0.5, 0.6) is 0 Å². The topological polar surface area (TPSA) is 58.6 Å². The van der Waals surface area contributed by atoms with Crippen LogP contribution >= 0.6 is 0 Å². The highest BCUT2D eigenvalue weighted by Crippen LogP contribution is 2.13. The maximum absolute atomic E-state index is 12.9. The van der Waals surface area contributed by atoms with Crippen molar-refractivity contribution in [1.29, 1.82) is 0 Å². The summed E-state index contributed by atoms with van der Waals surface area (Å²) in [6.07, 6.45) is 1.02. The van der Waals surface area contributed by atoms with E-state index in [0.29, 0.717) is 32.5 Å². The molecule has 27 heavy (non-hydrogen) atoms. The zero-order valence-corrected chi connectivity index (χ0v) is 16.1. The molecule has 0 saturated carbocycles. The number of amides is 2. The molecule has 5 nitrogen and oxygen atoms in total. The van der Waals surface area contributed by atoms with Gasteiger partial charge in [0.2, 0.25) is 11.8 Å². The minimum absolute atomic E-state index is 0.0305. The number of hydrogen-bond acceptors (Lipinski definition) is 3. The third-order valence-corrected chi connectivity index (χ3v) is 4.44. The predicted octanol–water partition coefficient (Wildman–Crippen LogP) is 2.80. The number of carbonyl (C=O) groups excluding carboxylic acids is 2. The smallest absolute Gasteiger partial charge is 0.242 e. The van der Waals surface area contributed by atoms with Crippen LogP contribution in [-0.4, -0.2) is 43.0 Å². The monoisotopic (exact) mass is 368 g/mol. The van der Waals surface area contributed by atoms with E-state index in [2.05, 4.69) is 5.32 Å². The van der Waals surface area contributed by atoms with Crippen LogP contribution in [0.15, 0.2) is 60.7 Å². The fourth-order valence-corrected chi connectivity index (χ4v) is 2.83. The highest BCUT2D eigenvalue weighted by Gasteiger charge is 2.25. The first-order valence-corrected chi connectivity index (χ1v) is 9.25. The molecule has 0 heterocycles. The number of nitrogens with zero attached hydrogens (tertiary/aromatic N) is 1. The fourth-order valence-electron chi connectivity index (χ4n) is 2.83. The Morgan fingerprint density at radius 3 is 2.19 bits per heavy atom. The SMILES string of the molecule is COCCNC(=O)[C@@H](C)N(Cc1ccccc1)C(=O)CCc1ccccc1. The van der Waals surface area contributed by atoms with Crippen molar-refractivity contribution in [1.82, 2.24) is 10.2 Å². The molecule has 0 saturated heterocycles. The summed E-state index contributed by atoms with van der Waals surface area (Å²) >= 11 is 0. The first-order valence-electron chi connectivity index (χ1n) is 9.25. The molecule has 0 aromatic heterocycles. The summed E-state index contributed by atoms with van der Waals surface area (Å²) < 4.78 is 4.97. The van der Waals surface area contributed by atoms with Gasteiger partial charge in [-0.15, -0.1) is 0 Å². The average Bonchev–Trinajstić information content (AvgIpc) is 2.71. The van der Waals surface area contributed by atoms with Crippen molar-refractivity contribution >= 4 is 11.8 Å². The molecular weight excluding hydrogens is 340 g/mol. The molecule has 0 aliphatic rings. The second kappa shape index (κ2) is 11.1. The van der Waals surface area contributed by atoms with Gasteiger partial charge < -0.3 is 15.0 Å². The van der Waals surface area contributed by atoms with Gasteiger partial charge in [0.15, 0.2) is 0 Å². The normalized spacial score (nSPS) is 11.6. The van der Waals surface area contributed by atoms with Crippen LogP contribution in [0.25, 0.3) is 0 Å². The van der Waals surface area contributed by atoms with Gasteiger partial charge in [-0.1, -0.05) is 60.7 Å². The van der Waals surface area contributed by atoms with Gasteiger partial charge in [0.05, 0.1) is 6.61 Å². The Kier molecular flexibility index (Phi) is 8.52. The molecule has 0 fully saturated rings. The Labute approximate surface area is 161 Å². The Morgan fingerprint density at radius 2 is 1.59 bits per heavy atom. The van der Waals surface area contributed by atoms with E-state index in [1.165, 1.54) is 0 Å². The van der Waals surface area contributed by atoms with E-state index in [9.17, 15) is 9.59 Å². The fraction of sp³-hybridized carbons (Fsp3) is 0.364. The number of rotatable bonds is 10. The van der Waals surface area contributed by atoms with Crippen molar-refractivity contribution in [2.75, 3.05) is 20.3 Å². The second-order valence-electron chi connectivity index (χ2n) is 6.45. The molecule has 1 atom stereocenters. The Bertz CT molecular complexity index is 704. The lowest BCUT2D eigenvalue weighted by atomic mass is 10.1. The standard InChI is InChI=1S/C22H28N2O3/c1-18(22(26)23-15-16-27-2)24(17-20-11-7-4-8-12-20)21(25)14-13-19-9-5-3-6-10-19/h3-12,18H,13-17H2,1-2H3,(H,23,26)/t18-/m1/s1. The van der Waals surface area contributed by atoms with Crippen molar-refractivity contribution in [2.45, 2.75) is 32.4 Å². The Morgan fingerprint density at radius 1 is 1.00 bits per heavy atom. The van der Waals surface area contributed by atoms with E-state index < -0.39 is 6.04 Å². The summed E-state index contributed by atoms with van der Waals surface area (Å²) in [4.78, 5) is 27.0. The van der Waals surface area contributed by atoms with Crippen molar-refractivity contribution in [3.63, 3.8) is 0 Å². The summed E-state index contributed by atoms with van der Waals surface area (Å²) in [6.45, 7) is 3.05. The molecule has 0 aliphatic heterocycles. The number of methoxy groups -OCH3 is 1. The van der Waals surface area contributed by atoms with Crippen molar-refractivity contribution < 1.29 is 14.3 Å². The van der Waals surface area contributed by atoms with Gasteiger partial charge in [-0.3, -0.25) is 9.59 Å². The molecule has 0 aliphatic carbocycles. The van der Waals surface area contributed by atoms with Crippen LogP contribution in [0.3, 0.4) is 0 Å². The van der Waals surface area contributed by atoms with Gasteiger partial charge in [0.1, 0.15) is 6.04 Å². The minimum atomic E-state index is -0.551. The number of carbonyl (C=O) groups is 2. The first-order chi connectivity index (χ1) is 13.1. The summed E-state index contributed by atoms with van der Waals surface area (Å²) in [5.74, 6) is -0.201. The number of nitrogens with one attached hydrogen (secondary N) is 1. The van der Waals surface area contributed by atoms with Crippen LogP contribution < -0.4 is 5.32 Å². The van der Waals surface area contributed by atoms with Gasteiger partial charge >= 0.3 is 0 Å². The lowest BCUT2D eigenvalue weighted by molar-refractivity contribution is -0.140. The van der Waals surface area contributed by atoms with Crippen LogP contribution in [-0.2, 0) is 27.3 Å². The first kappa shape index (κ1) is 20.6. The second-order valence-corrected chi connectivity index (χ2v) is 6.45. The summed E-state index contributed by atoms with van der Waals surface area (Å²) in [6, 6.07) is 19.1. The van der Waals surface area contributed by atoms with E-state index in [1.807, 2.05) is 60.7 Å². The molecule has 5 heteroatoms. The van der Waals surface area contributed by atoms with Gasteiger partial charge in [0, 0.05) is 26.6 Å². The van der Waals surface area contributed by atoms with Crippen LogP contribution in [0.1, 0.15) is 24.5 Å². The summed E-state index contributed by atoms with van der Waals surface area (Å²) in [7, 11) is 1.59. The van der Waals surface area contributed by atoms with E-state index in [-0.39, 0.29) is 11.8 Å². The maximum Gasteiger partial charge on any atom is 0.242 e. The molecule has 2 rings (SSSR count). The van der Waals surface area contributed by atoms with Gasteiger partial charge in [-0.25, -0.2) is 0 Å². The lowest BCUT2D eigenvalue weighted by Crippen LogP contribution is -2.48. The van der Waals surface area contributed by atoms with E-state index >= 15 is 0 Å². The molecule has 1 N–H and O–H groups in total.